The lowest BCUT2D eigenvalue weighted by Crippen LogP contribution is -2.28. The summed E-state index contributed by atoms with van der Waals surface area (Å²) in [5.41, 5.74) is 2.00. The number of carbonyl (C=O) groups excluding carboxylic acids is 1. The number of carbonyl (C=O) groups is 1. The molecular weight excluding hydrogens is 370 g/mol. The summed E-state index contributed by atoms with van der Waals surface area (Å²) in [7, 11) is 0. The Morgan fingerprint density at radius 3 is 2.54 bits per heavy atom. The van der Waals surface area contributed by atoms with Gasteiger partial charge in [0, 0.05) is 23.4 Å². The Bertz CT molecular complexity index is 784. The molecule has 0 radical (unpaired) electrons. The van der Waals surface area contributed by atoms with Gasteiger partial charge in [0.1, 0.15) is 5.75 Å². The maximum absolute atomic E-state index is 11.9. The molecular formula is C18H16BrN3O2. The van der Waals surface area contributed by atoms with Crippen molar-refractivity contribution in [1.29, 1.82) is 0 Å². The topological polar surface area (TPSA) is 56.1 Å². The Morgan fingerprint density at radius 1 is 1.12 bits per heavy atom. The summed E-state index contributed by atoms with van der Waals surface area (Å²) >= 11 is 3.35. The van der Waals surface area contributed by atoms with E-state index in [9.17, 15) is 4.79 Å². The van der Waals surface area contributed by atoms with Crippen molar-refractivity contribution in [2.45, 2.75) is 6.54 Å². The minimum atomic E-state index is -0.158. The maximum Gasteiger partial charge on any atom is 0.258 e. The fourth-order valence-electron chi connectivity index (χ4n) is 2.12. The van der Waals surface area contributed by atoms with E-state index in [4.69, 9.17) is 4.74 Å². The first-order chi connectivity index (χ1) is 11.7. The van der Waals surface area contributed by atoms with Crippen molar-refractivity contribution in [2.24, 2.45) is 0 Å². The van der Waals surface area contributed by atoms with E-state index in [1.807, 2.05) is 60.8 Å². The number of hydrogen-bond acceptors (Lipinski definition) is 3. The molecule has 0 unspecified atom stereocenters. The van der Waals surface area contributed by atoms with Crippen molar-refractivity contribution in [3.05, 3.63) is 77.0 Å². The summed E-state index contributed by atoms with van der Waals surface area (Å²) in [5.74, 6) is 0.506. The smallest absolute Gasteiger partial charge is 0.258 e. The van der Waals surface area contributed by atoms with Gasteiger partial charge >= 0.3 is 0 Å². The summed E-state index contributed by atoms with van der Waals surface area (Å²) in [6.07, 6.45) is 3.62. The Hall–Kier alpha value is -2.60. The van der Waals surface area contributed by atoms with Crippen molar-refractivity contribution in [3.63, 3.8) is 0 Å². The van der Waals surface area contributed by atoms with Crippen LogP contribution in [0.3, 0.4) is 0 Å². The van der Waals surface area contributed by atoms with Crippen molar-refractivity contribution in [1.82, 2.24) is 15.1 Å². The van der Waals surface area contributed by atoms with E-state index in [1.54, 1.807) is 10.9 Å². The molecule has 1 amide bonds. The van der Waals surface area contributed by atoms with E-state index in [2.05, 4.69) is 26.3 Å². The quantitative estimate of drug-likeness (QED) is 0.707. The molecule has 24 heavy (non-hydrogen) atoms. The number of ether oxygens (including phenoxy) is 1. The Morgan fingerprint density at radius 2 is 1.88 bits per heavy atom. The van der Waals surface area contributed by atoms with E-state index in [-0.39, 0.29) is 12.5 Å². The predicted octanol–water partition coefficient (Wildman–Crippen LogP) is 3.33. The van der Waals surface area contributed by atoms with Gasteiger partial charge in [-0.15, -0.1) is 0 Å². The lowest BCUT2D eigenvalue weighted by molar-refractivity contribution is -0.123. The van der Waals surface area contributed by atoms with Crippen molar-refractivity contribution in [2.75, 3.05) is 6.61 Å². The molecule has 0 bridgehead atoms. The van der Waals surface area contributed by atoms with E-state index in [1.165, 1.54) is 0 Å². The monoisotopic (exact) mass is 385 g/mol. The molecule has 1 aromatic heterocycles. The van der Waals surface area contributed by atoms with Crippen LogP contribution >= 0.6 is 15.9 Å². The fraction of sp³-hybridized carbons (Fsp3) is 0.111. The molecule has 0 fully saturated rings. The molecule has 6 heteroatoms. The molecule has 122 valence electrons. The summed E-state index contributed by atoms with van der Waals surface area (Å²) in [6.45, 7) is 0.453. The number of aromatic nitrogens is 2. The van der Waals surface area contributed by atoms with Crippen LogP contribution in [0.25, 0.3) is 5.69 Å². The van der Waals surface area contributed by atoms with Gasteiger partial charge in [0.05, 0.1) is 5.69 Å². The molecule has 5 nitrogen and oxygen atoms in total. The maximum atomic E-state index is 11.9. The zero-order valence-corrected chi connectivity index (χ0v) is 14.4. The molecule has 2 aromatic carbocycles. The first-order valence-electron chi connectivity index (χ1n) is 7.45. The number of nitrogens with one attached hydrogen (secondary N) is 1. The van der Waals surface area contributed by atoms with Crippen LogP contribution in [0.2, 0.25) is 0 Å². The van der Waals surface area contributed by atoms with Gasteiger partial charge in [-0.3, -0.25) is 4.79 Å². The Kier molecular flexibility index (Phi) is 5.28. The highest BCUT2D eigenvalue weighted by Crippen LogP contribution is 2.15. The van der Waals surface area contributed by atoms with Gasteiger partial charge in [-0.2, -0.15) is 5.10 Å². The molecule has 3 rings (SSSR count). The van der Waals surface area contributed by atoms with E-state index >= 15 is 0 Å². The SMILES string of the molecule is O=C(COc1ccc(Br)cc1)NCc1ccc(-n2cccn2)cc1. The van der Waals surface area contributed by atoms with Crippen LogP contribution in [0.1, 0.15) is 5.56 Å². The lowest BCUT2D eigenvalue weighted by atomic mass is 10.2. The molecule has 1 N–H and O–H groups in total. The number of benzene rings is 2. The minimum absolute atomic E-state index is 0.00694. The van der Waals surface area contributed by atoms with Gasteiger partial charge in [-0.05, 0) is 48.0 Å². The third-order valence-corrected chi connectivity index (χ3v) is 3.91. The molecule has 0 spiro atoms. The van der Waals surface area contributed by atoms with Gasteiger partial charge in [0.2, 0.25) is 0 Å². The van der Waals surface area contributed by atoms with E-state index in [0.717, 1.165) is 15.7 Å². The highest BCUT2D eigenvalue weighted by Gasteiger charge is 2.03. The average molecular weight is 386 g/mol. The molecule has 3 aromatic rings. The largest absolute Gasteiger partial charge is 0.484 e. The van der Waals surface area contributed by atoms with Crippen LogP contribution in [-0.2, 0) is 11.3 Å². The highest BCUT2D eigenvalue weighted by molar-refractivity contribution is 9.10. The normalized spacial score (nSPS) is 10.4. The molecule has 0 aliphatic carbocycles. The second-order valence-corrected chi connectivity index (χ2v) is 6.05. The molecule has 0 atom stereocenters. The third kappa shape index (κ3) is 4.45. The highest BCUT2D eigenvalue weighted by atomic mass is 79.9. The van der Waals surface area contributed by atoms with Crippen LogP contribution in [0.5, 0.6) is 5.75 Å². The average Bonchev–Trinajstić information content (AvgIpc) is 3.14. The zero-order valence-electron chi connectivity index (χ0n) is 12.9. The van der Waals surface area contributed by atoms with Crippen LogP contribution in [0, 0.1) is 0 Å². The van der Waals surface area contributed by atoms with Crippen molar-refractivity contribution < 1.29 is 9.53 Å². The van der Waals surface area contributed by atoms with E-state index in [0.29, 0.717) is 12.3 Å². The fourth-order valence-corrected chi connectivity index (χ4v) is 2.38. The summed E-state index contributed by atoms with van der Waals surface area (Å²) < 4.78 is 8.19. The predicted molar refractivity (Wildman–Crippen MR) is 95.0 cm³/mol. The van der Waals surface area contributed by atoms with Crippen molar-refractivity contribution in [3.8, 4) is 11.4 Å². The number of rotatable bonds is 6. The summed E-state index contributed by atoms with van der Waals surface area (Å²) in [4.78, 5) is 11.9. The van der Waals surface area contributed by atoms with Gasteiger partial charge < -0.3 is 10.1 Å². The second-order valence-electron chi connectivity index (χ2n) is 5.14. The van der Waals surface area contributed by atoms with Crippen molar-refractivity contribution >= 4 is 21.8 Å². The second kappa shape index (κ2) is 7.79. The number of hydrogen-bond donors (Lipinski definition) is 1. The van der Waals surface area contributed by atoms with Crippen LogP contribution in [0.4, 0.5) is 0 Å². The Labute approximate surface area is 148 Å². The number of halogens is 1. The molecule has 1 heterocycles. The first kappa shape index (κ1) is 16.3. The summed E-state index contributed by atoms with van der Waals surface area (Å²) in [5, 5.41) is 7.02. The van der Waals surface area contributed by atoms with Gasteiger partial charge in [-0.1, -0.05) is 28.1 Å². The summed E-state index contributed by atoms with van der Waals surface area (Å²) in [6, 6.07) is 17.1. The molecule has 0 aliphatic heterocycles. The molecule has 0 aliphatic rings. The van der Waals surface area contributed by atoms with Crippen LogP contribution < -0.4 is 10.1 Å². The third-order valence-electron chi connectivity index (χ3n) is 3.38. The van der Waals surface area contributed by atoms with Crippen LogP contribution in [-0.4, -0.2) is 22.3 Å². The van der Waals surface area contributed by atoms with Gasteiger partial charge in [0.15, 0.2) is 6.61 Å². The number of amides is 1. The number of nitrogens with zero attached hydrogens (tertiary/aromatic N) is 2. The van der Waals surface area contributed by atoms with E-state index < -0.39 is 0 Å². The van der Waals surface area contributed by atoms with Gasteiger partial charge in [-0.25, -0.2) is 4.68 Å². The zero-order chi connectivity index (χ0) is 16.8. The lowest BCUT2D eigenvalue weighted by Gasteiger charge is -2.08. The standard InChI is InChI=1S/C18H16BrN3O2/c19-15-4-8-17(9-5-15)24-13-18(23)20-12-14-2-6-16(7-3-14)22-11-1-10-21-22/h1-11H,12-13H2,(H,20,23). The van der Waals surface area contributed by atoms with Gasteiger partial charge in [0.25, 0.3) is 5.91 Å². The minimum Gasteiger partial charge on any atom is -0.484 e. The molecule has 0 saturated heterocycles. The molecule has 0 saturated carbocycles. The first-order valence-corrected chi connectivity index (χ1v) is 8.24. The van der Waals surface area contributed by atoms with Crippen LogP contribution in [0.15, 0.2) is 71.5 Å². The Balaban J connectivity index is 1.46.